The van der Waals surface area contributed by atoms with E-state index in [1.165, 1.54) is 0 Å². The predicted octanol–water partition coefficient (Wildman–Crippen LogP) is 2.43. The first-order chi connectivity index (χ1) is 13.2. The molecule has 0 radical (unpaired) electrons. The fraction of sp³-hybridized carbons (Fsp3) is 0.500. The molecule has 0 aromatic carbocycles. The summed E-state index contributed by atoms with van der Waals surface area (Å²) in [6.07, 6.45) is 4.85. The Morgan fingerprint density at radius 3 is 1.17 bits per heavy atom. The van der Waals surface area contributed by atoms with Crippen LogP contribution in [0.1, 0.15) is 26.7 Å². The molecule has 0 spiro atoms. The van der Waals surface area contributed by atoms with E-state index in [0.717, 1.165) is 12.8 Å². The van der Waals surface area contributed by atoms with E-state index in [4.69, 9.17) is 29.9 Å². The molecule has 0 saturated carbocycles. The zero-order valence-corrected chi connectivity index (χ0v) is 20.0. The van der Waals surface area contributed by atoms with Gasteiger partial charge in [0.1, 0.15) is 0 Å². The number of carbonyl (C=O) groups is 2. The number of aliphatic carboxylic acids is 2. The molecule has 0 rings (SSSR count). The summed E-state index contributed by atoms with van der Waals surface area (Å²) in [6, 6.07) is 0. The van der Waals surface area contributed by atoms with Gasteiger partial charge in [-0.15, -0.1) is 13.2 Å². The third-order valence-corrected chi connectivity index (χ3v) is 2.08. The summed E-state index contributed by atoms with van der Waals surface area (Å²) in [7, 11) is 0. The topological polar surface area (TPSA) is 134 Å². The predicted molar refractivity (Wildman–Crippen MR) is 110 cm³/mol. The van der Waals surface area contributed by atoms with Crippen LogP contribution >= 0.6 is 0 Å². The largest absolute Gasteiger partial charge is 2.00 e. The van der Waals surface area contributed by atoms with Gasteiger partial charge in [-0.2, -0.15) is 0 Å². The van der Waals surface area contributed by atoms with Crippen LogP contribution in [0, 0.1) is 0 Å². The summed E-state index contributed by atoms with van der Waals surface area (Å²) >= 11 is 0. The number of hydrogen-bond acceptors (Lipinski definition) is 6. The normalized spacial score (nSPS) is 8.14. The van der Waals surface area contributed by atoms with E-state index in [9.17, 15) is 9.59 Å². The van der Waals surface area contributed by atoms with Crippen LogP contribution in [0.2, 0.25) is 0 Å². The molecule has 0 aromatic rings. The zero-order chi connectivity index (χ0) is 22.8. The summed E-state index contributed by atoms with van der Waals surface area (Å²) < 4.78 is 9.61. The molecule has 0 aliphatic rings. The average molecular weight is 496 g/mol. The molecule has 0 atom stereocenters. The summed E-state index contributed by atoms with van der Waals surface area (Å²) in [5, 5.41) is 32.3. The van der Waals surface area contributed by atoms with Crippen molar-refractivity contribution >= 4 is 11.9 Å². The minimum absolute atomic E-state index is 0. The Morgan fingerprint density at radius 2 is 1.03 bits per heavy atom. The smallest absolute Gasteiger partial charge is 0.478 e. The van der Waals surface area contributed by atoms with Crippen molar-refractivity contribution in [3.8, 4) is 0 Å². The van der Waals surface area contributed by atoms with Crippen molar-refractivity contribution in [2.24, 2.45) is 0 Å². The third-order valence-electron chi connectivity index (χ3n) is 2.08. The van der Waals surface area contributed by atoms with Gasteiger partial charge in [-0.3, -0.25) is 0 Å². The first kappa shape index (κ1) is 38.3. The Balaban J connectivity index is -0.0000000950. The molecule has 166 valence electrons. The van der Waals surface area contributed by atoms with Crippen molar-refractivity contribution in [2.75, 3.05) is 39.6 Å². The van der Waals surface area contributed by atoms with Crippen LogP contribution < -0.4 is 0 Å². The number of aliphatic hydroxyl groups is 2. The fourth-order valence-electron chi connectivity index (χ4n) is 0.654. The molecule has 29 heavy (non-hydrogen) atoms. The van der Waals surface area contributed by atoms with Crippen LogP contribution in [-0.2, 0) is 45.3 Å². The summed E-state index contributed by atoms with van der Waals surface area (Å²) in [5.41, 5.74) is 0.115. The number of hydrogen-bond donors (Lipinski definition) is 4. The Hall–Kier alpha value is -1.38. The van der Waals surface area contributed by atoms with E-state index >= 15 is 0 Å². The van der Waals surface area contributed by atoms with Gasteiger partial charge in [0, 0.05) is 13.2 Å². The van der Waals surface area contributed by atoms with Crippen molar-refractivity contribution in [3.05, 3.63) is 49.6 Å². The molecular weight excluding hydrogens is 459 g/mol. The molecular formula is C20H36O8Zr+2. The molecule has 0 aliphatic heterocycles. The molecule has 0 saturated heterocycles. The molecule has 0 amide bonds. The second-order valence-corrected chi connectivity index (χ2v) is 4.87. The molecule has 0 aliphatic carbocycles. The van der Waals surface area contributed by atoms with Crippen LogP contribution in [0.25, 0.3) is 0 Å². The van der Waals surface area contributed by atoms with Gasteiger partial charge < -0.3 is 29.9 Å². The van der Waals surface area contributed by atoms with Crippen molar-refractivity contribution < 1.29 is 65.7 Å². The number of carboxylic acid groups (broad SMARTS) is 2. The van der Waals surface area contributed by atoms with Gasteiger partial charge in [0.25, 0.3) is 0 Å². The van der Waals surface area contributed by atoms with Crippen molar-refractivity contribution in [3.63, 3.8) is 0 Å². The Morgan fingerprint density at radius 1 is 0.793 bits per heavy atom. The molecule has 4 N–H and O–H groups in total. The Bertz CT molecular complexity index is 392. The van der Waals surface area contributed by atoms with Crippen LogP contribution in [0.3, 0.4) is 0 Å². The van der Waals surface area contributed by atoms with Gasteiger partial charge in [0.15, 0.2) is 0 Å². The van der Waals surface area contributed by atoms with E-state index in [1.54, 1.807) is 12.2 Å². The number of carboxylic acids is 2. The van der Waals surface area contributed by atoms with Crippen molar-refractivity contribution in [2.45, 2.75) is 26.7 Å². The number of rotatable bonds is 12. The van der Waals surface area contributed by atoms with E-state index in [0.29, 0.717) is 26.4 Å². The molecule has 0 aromatic heterocycles. The van der Waals surface area contributed by atoms with Gasteiger partial charge in [-0.1, -0.05) is 39.2 Å². The maximum Gasteiger partial charge on any atom is 2.00 e. The van der Waals surface area contributed by atoms with Gasteiger partial charge in [0.05, 0.1) is 37.6 Å². The van der Waals surface area contributed by atoms with E-state index < -0.39 is 11.9 Å². The zero-order valence-electron chi connectivity index (χ0n) is 17.6. The monoisotopic (exact) mass is 494 g/mol. The maximum absolute atomic E-state index is 10.1. The Labute approximate surface area is 193 Å². The molecule has 0 heterocycles. The van der Waals surface area contributed by atoms with Crippen molar-refractivity contribution in [1.29, 1.82) is 0 Å². The molecule has 8 nitrogen and oxygen atoms in total. The first-order valence-corrected chi connectivity index (χ1v) is 8.60. The van der Waals surface area contributed by atoms with E-state index in [-0.39, 0.29) is 50.6 Å². The minimum atomic E-state index is -1.02. The standard InChI is InChI=1S/2C7H10O3.2C3H8O.Zr/c2*1-3-4-10-5-6(2)7(8)9;2*1-2-3-4;/h2*3H,1-2,4-5H2,(H,8,9);2*4H,2-3H2,1H3;/q;;;;+2. The van der Waals surface area contributed by atoms with Crippen LogP contribution in [0.5, 0.6) is 0 Å². The van der Waals surface area contributed by atoms with E-state index in [1.807, 2.05) is 13.8 Å². The average Bonchev–Trinajstić information content (AvgIpc) is 2.68. The van der Waals surface area contributed by atoms with Gasteiger partial charge in [0.2, 0.25) is 0 Å². The third kappa shape index (κ3) is 46.5. The van der Waals surface area contributed by atoms with E-state index in [2.05, 4.69) is 26.3 Å². The summed E-state index contributed by atoms with van der Waals surface area (Å²) in [4.78, 5) is 20.2. The van der Waals surface area contributed by atoms with Crippen LogP contribution in [0.15, 0.2) is 49.6 Å². The number of ether oxygens (including phenoxy) is 2. The molecule has 9 heteroatoms. The Kier molecular flexibility index (Phi) is 45.1. The molecule has 0 unspecified atom stereocenters. The maximum atomic E-state index is 10.1. The quantitative estimate of drug-likeness (QED) is 0.184. The van der Waals surface area contributed by atoms with Gasteiger partial charge in [-0.25, -0.2) is 9.59 Å². The number of aliphatic hydroxyl groups excluding tert-OH is 2. The van der Waals surface area contributed by atoms with Crippen molar-refractivity contribution in [1.82, 2.24) is 0 Å². The summed E-state index contributed by atoms with van der Waals surface area (Å²) in [6.45, 7) is 18.7. The first-order valence-electron chi connectivity index (χ1n) is 8.60. The van der Waals surface area contributed by atoms with Gasteiger partial charge in [-0.05, 0) is 12.8 Å². The molecule has 0 fully saturated rings. The minimum Gasteiger partial charge on any atom is -0.478 e. The second kappa shape index (κ2) is 34.2. The van der Waals surface area contributed by atoms with Crippen LogP contribution in [0.4, 0.5) is 0 Å². The van der Waals surface area contributed by atoms with Gasteiger partial charge >= 0.3 is 38.1 Å². The molecule has 0 bridgehead atoms. The summed E-state index contributed by atoms with van der Waals surface area (Å²) in [5.74, 6) is -2.05. The SMILES string of the molecule is C=CCOCC(=C)C(=O)O.C=CCOCC(=C)C(=O)O.CCCO.CCCO.[Zr+2]. The second-order valence-electron chi connectivity index (χ2n) is 4.87. The van der Waals surface area contributed by atoms with Crippen LogP contribution in [-0.4, -0.2) is 72.0 Å². The fourth-order valence-corrected chi connectivity index (χ4v) is 0.654.